The molecule has 116 valence electrons. The molecule has 3 unspecified atom stereocenters. The van der Waals surface area contributed by atoms with Crippen LogP contribution in [0.1, 0.15) is 65.2 Å². The van der Waals surface area contributed by atoms with E-state index in [4.69, 9.17) is 11.6 Å². The first-order valence-electron chi connectivity index (χ1n) is 8.82. The van der Waals surface area contributed by atoms with Crippen molar-refractivity contribution in [1.82, 2.24) is 0 Å². The van der Waals surface area contributed by atoms with Gasteiger partial charge < -0.3 is 0 Å². The summed E-state index contributed by atoms with van der Waals surface area (Å²) in [6.45, 7) is 4.76. The van der Waals surface area contributed by atoms with E-state index in [1.807, 2.05) is 0 Å². The maximum Gasteiger partial charge on any atom is 0.139 e. The minimum Gasteiger partial charge on any atom is -0.299 e. The first-order chi connectivity index (χ1) is 9.95. The molecule has 0 amide bonds. The molecule has 0 aromatic rings. The fourth-order valence-corrected chi connectivity index (χ4v) is 6.66. The van der Waals surface area contributed by atoms with E-state index in [-0.39, 0.29) is 5.41 Å². The molecule has 0 bridgehead atoms. The average molecular weight is 307 g/mol. The summed E-state index contributed by atoms with van der Waals surface area (Å²) in [4.78, 5) is 12.4. The van der Waals surface area contributed by atoms with Crippen molar-refractivity contribution in [1.29, 1.82) is 0 Å². The Morgan fingerprint density at radius 2 is 1.81 bits per heavy atom. The Bertz CT molecular complexity index is 510. The van der Waals surface area contributed by atoms with Crippen molar-refractivity contribution in [2.24, 2.45) is 28.6 Å². The zero-order valence-electron chi connectivity index (χ0n) is 13.3. The second-order valence-corrected chi connectivity index (χ2v) is 9.13. The van der Waals surface area contributed by atoms with E-state index in [0.29, 0.717) is 22.5 Å². The quantitative estimate of drug-likeness (QED) is 0.448. The Kier molecular flexibility index (Phi) is 3.13. The second kappa shape index (κ2) is 4.60. The number of carbonyl (C=O) groups excluding carboxylic acids is 1. The van der Waals surface area contributed by atoms with Gasteiger partial charge in [-0.05, 0) is 68.1 Å². The highest BCUT2D eigenvalue weighted by Crippen LogP contribution is 2.64. The van der Waals surface area contributed by atoms with Gasteiger partial charge in [0.05, 0.1) is 0 Å². The van der Waals surface area contributed by atoms with E-state index in [2.05, 4.69) is 19.9 Å². The van der Waals surface area contributed by atoms with Crippen molar-refractivity contribution in [3.8, 4) is 0 Å². The van der Waals surface area contributed by atoms with Crippen molar-refractivity contribution in [2.75, 3.05) is 0 Å². The largest absolute Gasteiger partial charge is 0.299 e. The summed E-state index contributed by atoms with van der Waals surface area (Å²) in [5.74, 6) is 2.74. The molecule has 0 aromatic carbocycles. The molecule has 3 fully saturated rings. The van der Waals surface area contributed by atoms with Gasteiger partial charge in [0.1, 0.15) is 5.78 Å². The number of hydrogen-bond donors (Lipinski definition) is 0. The molecule has 0 radical (unpaired) electrons. The zero-order chi connectivity index (χ0) is 14.8. The number of rotatable bonds is 0. The van der Waals surface area contributed by atoms with E-state index >= 15 is 0 Å². The lowest BCUT2D eigenvalue weighted by atomic mass is 9.48. The van der Waals surface area contributed by atoms with Crippen LogP contribution in [0.3, 0.4) is 0 Å². The van der Waals surface area contributed by atoms with E-state index in [1.54, 1.807) is 5.57 Å². The molecule has 0 saturated heterocycles. The number of hydrogen-bond acceptors (Lipinski definition) is 1. The lowest BCUT2D eigenvalue weighted by Crippen LogP contribution is -2.50. The maximum atomic E-state index is 12.4. The molecule has 4 aliphatic rings. The zero-order valence-corrected chi connectivity index (χ0v) is 14.1. The van der Waals surface area contributed by atoms with Crippen LogP contribution in [0, 0.1) is 28.6 Å². The van der Waals surface area contributed by atoms with Crippen LogP contribution < -0.4 is 0 Å². The van der Waals surface area contributed by atoms with Gasteiger partial charge in [-0.1, -0.05) is 25.5 Å². The van der Waals surface area contributed by atoms with Gasteiger partial charge in [-0.25, -0.2) is 0 Å². The molecule has 0 spiro atoms. The molecular formula is C19H27ClO. The molecule has 3 saturated carbocycles. The Labute approximate surface area is 133 Å². The van der Waals surface area contributed by atoms with Gasteiger partial charge in [0.15, 0.2) is 0 Å². The molecule has 6 atom stereocenters. The third-order valence-corrected chi connectivity index (χ3v) is 8.13. The summed E-state index contributed by atoms with van der Waals surface area (Å²) < 4.78 is 0. The van der Waals surface area contributed by atoms with Crippen LogP contribution in [0.4, 0.5) is 0 Å². The summed E-state index contributed by atoms with van der Waals surface area (Å²) in [6, 6.07) is 0. The average Bonchev–Trinajstić information content (AvgIpc) is 2.76. The van der Waals surface area contributed by atoms with Gasteiger partial charge in [0.2, 0.25) is 0 Å². The standard InChI is InChI=1S/C19H27ClO/c1-18-9-7-13(20)11-12(18)3-4-14-15-5-6-17(21)19(15,2)10-8-16(14)18/h3,13-16H,4-11H2,1-2H3/t13-,14?,15?,16?,18-,19-/m0/s1. The number of halogens is 1. The van der Waals surface area contributed by atoms with Crippen molar-refractivity contribution in [3.63, 3.8) is 0 Å². The second-order valence-electron chi connectivity index (χ2n) is 8.52. The molecule has 0 heterocycles. The SMILES string of the molecule is C[C@]12CC[C@H](Cl)CC1=CCC1C2CC[C@]2(C)C(=O)CCC12. The molecule has 4 rings (SSSR count). The van der Waals surface area contributed by atoms with E-state index in [1.165, 1.54) is 25.7 Å². The highest BCUT2D eigenvalue weighted by Gasteiger charge is 2.58. The Morgan fingerprint density at radius 3 is 2.62 bits per heavy atom. The van der Waals surface area contributed by atoms with Crippen LogP contribution in [0.5, 0.6) is 0 Å². The third-order valence-electron chi connectivity index (χ3n) is 7.75. The van der Waals surface area contributed by atoms with Crippen molar-refractivity contribution in [2.45, 2.75) is 70.6 Å². The summed E-state index contributed by atoms with van der Waals surface area (Å²) in [7, 11) is 0. The van der Waals surface area contributed by atoms with Crippen LogP contribution in [0.25, 0.3) is 0 Å². The van der Waals surface area contributed by atoms with Crippen LogP contribution >= 0.6 is 11.6 Å². The summed E-state index contributed by atoms with van der Waals surface area (Å²) in [5, 5.41) is 0.350. The fourth-order valence-electron chi connectivity index (χ4n) is 6.39. The van der Waals surface area contributed by atoms with E-state index in [9.17, 15) is 4.79 Å². The molecule has 2 heteroatoms. The molecule has 0 aliphatic heterocycles. The van der Waals surface area contributed by atoms with Crippen molar-refractivity contribution in [3.05, 3.63) is 11.6 Å². The highest BCUT2D eigenvalue weighted by molar-refractivity contribution is 6.20. The van der Waals surface area contributed by atoms with Crippen LogP contribution in [0.2, 0.25) is 0 Å². The van der Waals surface area contributed by atoms with Gasteiger partial charge >= 0.3 is 0 Å². The molecular weight excluding hydrogens is 280 g/mol. The van der Waals surface area contributed by atoms with Gasteiger partial charge in [-0.3, -0.25) is 4.79 Å². The van der Waals surface area contributed by atoms with E-state index < -0.39 is 0 Å². The maximum absolute atomic E-state index is 12.4. The number of fused-ring (bicyclic) bond motifs is 5. The predicted molar refractivity (Wildman–Crippen MR) is 86.4 cm³/mol. The Hall–Kier alpha value is -0.300. The summed E-state index contributed by atoms with van der Waals surface area (Å²) in [5.41, 5.74) is 2.02. The number of allylic oxidation sites excluding steroid dienone is 2. The smallest absolute Gasteiger partial charge is 0.139 e. The molecule has 4 aliphatic carbocycles. The molecule has 1 nitrogen and oxygen atoms in total. The van der Waals surface area contributed by atoms with Gasteiger partial charge in [-0.2, -0.15) is 0 Å². The topological polar surface area (TPSA) is 17.1 Å². The lowest BCUT2D eigenvalue weighted by molar-refractivity contribution is -0.131. The third kappa shape index (κ3) is 1.85. The Morgan fingerprint density at radius 1 is 1.10 bits per heavy atom. The lowest BCUT2D eigenvalue weighted by Gasteiger charge is -2.56. The molecule has 21 heavy (non-hydrogen) atoms. The van der Waals surface area contributed by atoms with Crippen LogP contribution in [0.15, 0.2) is 11.6 Å². The number of ketones is 1. The normalized spacial score (nSPS) is 52.7. The first-order valence-corrected chi connectivity index (χ1v) is 9.26. The van der Waals surface area contributed by atoms with Crippen LogP contribution in [-0.4, -0.2) is 11.2 Å². The number of Topliss-reactive ketones (excluding diaryl/α,β-unsaturated/α-hetero) is 1. The summed E-state index contributed by atoms with van der Waals surface area (Å²) >= 11 is 6.42. The predicted octanol–water partition coefficient (Wildman–Crippen LogP) is 5.13. The minimum atomic E-state index is 0.00650. The van der Waals surface area contributed by atoms with Crippen molar-refractivity contribution >= 4 is 17.4 Å². The van der Waals surface area contributed by atoms with Crippen molar-refractivity contribution < 1.29 is 4.79 Å². The van der Waals surface area contributed by atoms with Gasteiger partial charge in [-0.15, -0.1) is 11.6 Å². The summed E-state index contributed by atoms with van der Waals surface area (Å²) in [6.07, 6.45) is 11.6. The van der Waals surface area contributed by atoms with Gasteiger partial charge in [0.25, 0.3) is 0 Å². The minimum absolute atomic E-state index is 0.00650. The monoisotopic (exact) mass is 306 g/mol. The van der Waals surface area contributed by atoms with Gasteiger partial charge in [0, 0.05) is 17.2 Å². The first kappa shape index (κ1) is 14.3. The number of alkyl halides is 1. The molecule has 0 N–H and O–H groups in total. The molecule has 0 aromatic heterocycles. The number of carbonyl (C=O) groups is 1. The van der Waals surface area contributed by atoms with E-state index in [0.717, 1.165) is 37.5 Å². The van der Waals surface area contributed by atoms with Crippen LogP contribution in [-0.2, 0) is 4.79 Å². The highest BCUT2D eigenvalue weighted by atomic mass is 35.5. The fraction of sp³-hybridized carbons (Fsp3) is 0.842. The Balaban J connectivity index is 1.69.